The zero-order valence-corrected chi connectivity index (χ0v) is 16.1. The van der Waals surface area contributed by atoms with Gasteiger partial charge in [-0.15, -0.1) is 12.4 Å². The van der Waals surface area contributed by atoms with Crippen molar-refractivity contribution in [3.63, 3.8) is 0 Å². The average molecular weight is 360 g/mol. The van der Waals surface area contributed by atoms with Gasteiger partial charge in [0.15, 0.2) is 0 Å². The Morgan fingerprint density at radius 2 is 1.62 bits per heavy atom. The number of rotatable bonds is 6. The van der Waals surface area contributed by atoms with Gasteiger partial charge in [0.25, 0.3) is 0 Å². The summed E-state index contributed by atoms with van der Waals surface area (Å²) in [5.41, 5.74) is 0. The van der Waals surface area contributed by atoms with Gasteiger partial charge in [-0.05, 0) is 19.4 Å². The summed E-state index contributed by atoms with van der Waals surface area (Å²) in [6, 6.07) is 0. The summed E-state index contributed by atoms with van der Waals surface area (Å²) in [5, 5.41) is 3.05. The standard InChI is InChI=1S/C18H33N3O2.ClH/c1-15(14-19-2)18(23)21-12-10-20(11-13-21)17(22)9-8-16-6-4-3-5-7-16;/h15-16,19H,3-14H2,1-2H3;1H. The summed E-state index contributed by atoms with van der Waals surface area (Å²) in [7, 11) is 1.87. The fourth-order valence-electron chi connectivity index (χ4n) is 3.84. The molecule has 0 aromatic carbocycles. The van der Waals surface area contributed by atoms with Crippen LogP contribution in [0.4, 0.5) is 0 Å². The zero-order chi connectivity index (χ0) is 16.7. The second-order valence-electron chi connectivity index (χ2n) is 7.21. The molecule has 1 N–H and O–H groups in total. The fourth-order valence-corrected chi connectivity index (χ4v) is 3.84. The minimum atomic E-state index is 0. The van der Waals surface area contributed by atoms with Crippen LogP contribution in [0.1, 0.15) is 51.9 Å². The van der Waals surface area contributed by atoms with Crippen molar-refractivity contribution in [3.8, 4) is 0 Å². The first-order valence-corrected chi connectivity index (χ1v) is 9.33. The van der Waals surface area contributed by atoms with E-state index in [2.05, 4.69) is 5.32 Å². The Kier molecular flexibility index (Phi) is 9.67. The maximum atomic E-state index is 12.4. The van der Waals surface area contributed by atoms with E-state index < -0.39 is 0 Å². The van der Waals surface area contributed by atoms with Crippen LogP contribution in [0.3, 0.4) is 0 Å². The Labute approximate surface area is 152 Å². The first-order chi connectivity index (χ1) is 11.1. The smallest absolute Gasteiger partial charge is 0.226 e. The van der Waals surface area contributed by atoms with E-state index in [4.69, 9.17) is 0 Å². The maximum Gasteiger partial charge on any atom is 0.226 e. The molecule has 1 atom stereocenters. The molecule has 6 heteroatoms. The third-order valence-electron chi connectivity index (χ3n) is 5.37. The summed E-state index contributed by atoms with van der Waals surface area (Å²) < 4.78 is 0. The van der Waals surface area contributed by atoms with Gasteiger partial charge in [-0.3, -0.25) is 9.59 Å². The van der Waals surface area contributed by atoms with Crippen LogP contribution in [0.15, 0.2) is 0 Å². The Balaban J connectivity index is 0.00000288. The number of nitrogens with zero attached hydrogens (tertiary/aromatic N) is 2. The van der Waals surface area contributed by atoms with E-state index in [0.717, 1.165) is 12.3 Å². The van der Waals surface area contributed by atoms with Crippen LogP contribution in [0, 0.1) is 11.8 Å². The third kappa shape index (κ3) is 6.25. The second-order valence-corrected chi connectivity index (χ2v) is 7.21. The highest BCUT2D eigenvalue weighted by molar-refractivity contribution is 5.85. The lowest BCUT2D eigenvalue weighted by atomic mass is 9.86. The lowest BCUT2D eigenvalue weighted by Gasteiger charge is -2.36. The molecular weight excluding hydrogens is 326 g/mol. The van der Waals surface area contributed by atoms with E-state index in [1.165, 1.54) is 32.1 Å². The van der Waals surface area contributed by atoms with Crippen molar-refractivity contribution in [2.45, 2.75) is 51.9 Å². The van der Waals surface area contributed by atoms with Gasteiger partial charge in [-0.2, -0.15) is 0 Å². The zero-order valence-electron chi connectivity index (χ0n) is 15.3. The molecular formula is C18H34ClN3O2. The lowest BCUT2D eigenvalue weighted by Crippen LogP contribution is -2.52. The fraction of sp³-hybridized carbons (Fsp3) is 0.889. The molecule has 2 rings (SSSR count). The first-order valence-electron chi connectivity index (χ1n) is 9.33. The normalized spacial score (nSPS) is 20.4. The predicted octanol–water partition coefficient (Wildman–Crippen LogP) is 2.30. The van der Waals surface area contributed by atoms with Crippen molar-refractivity contribution in [3.05, 3.63) is 0 Å². The number of halogens is 1. The maximum absolute atomic E-state index is 12.4. The summed E-state index contributed by atoms with van der Waals surface area (Å²) in [5.74, 6) is 1.26. The molecule has 0 aromatic heterocycles. The lowest BCUT2D eigenvalue weighted by molar-refractivity contribution is -0.141. The summed E-state index contributed by atoms with van der Waals surface area (Å²) in [6.45, 7) is 5.42. The predicted molar refractivity (Wildman–Crippen MR) is 99.3 cm³/mol. The molecule has 1 aliphatic carbocycles. The molecule has 24 heavy (non-hydrogen) atoms. The number of amides is 2. The number of nitrogens with one attached hydrogen (secondary N) is 1. The molecule has 1 saturated carbocycles. The van der Waals surface area contributed by atoms with Gasteiger partial charge in [-0.1, -0.05) is 39.0 Å². The molecule has 5 nitrogen and oxygen atoms in total. The number of piperazine rings is 1. The van der Waals surface area contributed by atoms with E-state index in [9.17, 15) is 9.59 Å². The molecule has 2 fully saturated rings. The van der Waals surface area contributed by atoms with Gasteiger partial charge < -0.3 is 15.1 Å². The van der Waals surface area contributed by atoms with Crippen molar-refractivity contribution in [1.29, 1.82) is 0 Å². The number of carbonyl (C=O) groups is 2. The molecule has 0 bridgehead atoms. The van der Waals surface area contributed by atoms with Crippen LogP contribution < -0.4 is 5.32 Å². The van der Waals surface area contributed by atoms with Crippen molar-refractivity contribution >= 4 is 24.2 Å². The molecule has 1 heterocycles. The van der Waals surface area contributed by atoms with E-state index in [0.29, 0.717) is 39.1 Å². The van der Waals surface area contributed by atoms with Crippen molar-refractivity contribution in [1.82, 2.24) is 15.1 Å². The highest BCUT2D eigenvalue weighted by atomic mass is 35.5. The highest BCUT2D eigenvalue weighted by Crippen LogP contribution is 2.27. The van der Waals surface area contributed by atoms with Gasteiger partial charge in [0, 0.05) is 45.1 Å². The molecule has 0 spiro atoms. The van der Waals surface area contributed by atoms with Crippen molar-refractivity contribution in [2.24, 2.45) is 11.8 Å². The minimum absolute atomic E-state index is 0. The van der Waals surface area contributed by atoms with Crippen molar-refractivity contribution < 1.29 is 9.59 Å². The number of hydrogen-bond acceptors (Lipinski definition) is 3. The molecule has 140 valence electrons. The summed E-state index contributed by atoms with van der Waals surface area (Å²) >= 11 is 0. The molecule has 0 radical (unpaired) electrons. The van der Waals surface area contributed by atoms with Gasteiger partial charge in [0.1, 0.15) is 0 Å². The van der Waals surface area contributed by atoms with Crippen LogP contribution in [-0.4, -0.2) is 61.4 Å². The molecule has 1 aliphatic heterocycles. The largest absolute Gasteiger partial charge is 0.339 e. The van der Waals surface area contributed by atoms with Crippen LogP contribution in [0.2, 0.25) is 0 Å². The third-order valence-corrected chi connectivity index (χ3v) is 5.37. The van der Waals surface area contributed by atoms with Gasteiger partial charge in [0.05, 0.1) is 0 Å². The van der Waals surface area contributed by atoms with E-state index in [-0.39, 0.29) is 30.1 Å². The SMILES string of the molecule is CNCC(C)C(=O)N1CCN(C(=O)CCC2CCCCC2)CC1.Cl. The molecule has 1 saturated heterocycles. The van der Waals surface area contributed by atoms with Crippen LogP contribution in [-0.2, 0) is 9.59 Å². The molecule has 2 amide bonds. The Hall–Kier alpha value is -0.810. The van der Waals surface area contributed by atoms with E-state index in [1.54, 1.807) is 0 Å². The monoisotopic (exact) mass is 359 g/mol. The Morgan fingerprint density at radius 3 is 2.21 bits per heavy atom. The highest BCUT2D eigenvalue weighted by Gasteiger charge is 2.26. The number of hydrogen-bond donors (Lipinski definition) is 1. The van der Waals surface area contributed by atoms with Crippen molar-refractivity contribution in [2.75, 3.05) is 39.8 Å². The van der Waals surface area contributed by atoms with Crippen LogP contribution >= 0.6 is 12.4 Å². The molecule has 0 aromatic rings. The quantitative estimate of drug-likeness (QED) is 0.791. The van der Waals surface area contributed by atoms with E-state index >= 15 is 0 Å². The Bertz CT molecular complexity index is 392. The van der Waals surface area contributed by atoms with E-state index in [1.807, 2.05) is 23.8 Å². The van der Waals surface area contributed by atoms with Gasteiger partial charge >= 0.3 is 0 Å². The molecule has 1 unspecified atom stereocenters. The summed E-state index contributed by atoms with van der Waals surface area (Å²) in [4.78, 5) is 28.5. The van der Waals surface area contributed by atoms with Gasteiger partial charge in [-0.25, -0.2) is 0 Å². The average Bonchev–Trinajstić information content (AvgIpc) is 2.60. The topological polar surface area (TPSA) is 52.7 Å². The molecule has 2 aliphatic rings. The Morgan fingerprint density at radius 1 is 1.04 bits per heavy atom. The van der Waals surface area contributed by atoms with Gasteiger partial charge in [0.2, 0.25) is 11.8 Å². The van der Waals surface area contributed by atoms with Crippen LogP contribution in [0.25, 0.3) is 0 Å². The first kappa shape index (κ1) is 21.2. The second kappa shape index (κ2) is 10.9. The minimum Gasteiger partial charge on any atom is -0.339 e. The van der Waals surface area contributed by atoms with Crippen LogP contribution in [0.5, 0.6) is 0 Å². The number of carbonyl (C=O) groups excluding carboxylic acids is 2. The summed E-state index contributed by atoms with van der Waals surface area (Å²) in [6.07, 6.45) is 8.39.